The van der Waals surface area contributed by atoms with Crippen molar-refractivity contribution >= 4 is 11.6 Å². The lowest BCUT2D eigenvalue weighted by Gasteiger charge is -2.68. The van der Waals surface area contributed by atoms with E-state index in [2.05, 4.69) is 66.6 Å². The highest BCUT2D eigenvalue weighted by Crippen LogP contribution is 2.74. The van der Waals surface area contributed by atoms with Crippen molar-refractivity contribution in [1.29, 1.82) is 5.26 Å². The van der Waals surface area contributed by atoms with E-state index in [0.29, 0.717) is 0 Å². The number of ketones is 2. The van der Waals surface area contributed by atoms with Crippen molar-refractivity contribution in [2.24, 2.45) is 44.8 Å². The molecule has 6 heteroatoms. The number of hydrogen-bond donors (Lipinski definition) is 0. The summed E-state index contributed by atoms with van der Waals surface area (Å²) < 4.78 is 6.12. The zero-order valence-corrected chi connectivity index (χ0v) is 27.4. The second kappa shape index (κ2) is 8.54. The van der Waals surface area contributed by atoms with Crippen LogP contribution in [0.25, 0.3) is 0 Å². The number of allylic oxidation sites excluding steroid dienone is 4. The molecule has 0 aliphatic heterocycles. The zero-order chi connectivity index (χ0) is 30.9. The molecule has 42 heavy (non-hydrogen) atoms. The van der Waals surface area contributed by atoms with Crippen molar-refractivity contribution in [3.63, 3.8) is 0 Å². The molecule has 6 nitrogen and oxygen atoms in total. The number of carbonyl (C=O) groups excluding carboxylic acids is 2. The smallest absolute Gasteiger partial charge is 0.233 e. The van der Waals surface area contributed by atoms with Crippen LogP contribution < -0.4 is 0 Å². The van der Waals surface area contributed by atoms with Crippen LogP contribution in [-0.4, -0.2) is 21.7 Å². The fourth-order valence-electron chi connectivity index (χ4n) is 10.7. The molecule has 0 N–H and O–H groups in total. The van der Waals surface area contributed by atoms with Gasteiger partial charge in [0.05, 0.1) is 11.0 Å². The molecule has 0 spiro atoms. The Hall–Kier alpha value is -2.55. The topological polar surface area (TPSA) is 96.8 Å². The quantitative estimate of drug-likeness (QED) is 0.341. The fraction of sp³-hybridized carbons (Fsp3) is 0.750. The molecule has 1 aromatic heterocycles. The summed E-state index contributed by atoms with van der Waals surface area (Å²) in [6.07, 6.45) is 10.5. The van der Waals surface area contributed by atoms with Crippen molar-refractivity contribution in [2.75, 3.05) is 0 Å². The molecule has 5 aliphatic carbocycles. The Kier molecular flexibility index (Phi) is 6.00. The maximum atomic E-state index is 14.7. The van der Waals surface area contributed by atoms with E-state index in [9.17, 15) is 14.9 Å². The number of rotatable bonds is 1. The molecule has 7 atom stereocenters. The predicted molar refractivity (Wildman–Crippen MR) is 161 cm³/mol. The summed E-state index contributed by atoms with van der Waals surface area (Å²) in [5, 5.41) is 14.4. The first kappa shape index (κ1) is 29.5. The maximum Gasteiger partial charge on any atom is 0.233 e. The minimum atomic E-state index is -0.657. The molecular formula is C36H49N3O3. The summed E-state index contributed by atoms with van der Waals surface area (Å²) in [5.74, 6) is 1.60. The highest BCUT2D eigenvalue weighted by Gasteiger charge is 2.70. The fourth-order valence-corrected chi connectivity index (χ4v) is 10.7. The van der Waals surface area contributed by atoms with Crippen molar-refractivity contribution < 1.29 is 14.1 Å². The van der Waals surface area contributed by atoms with Crippen LogP contribution in [0.2, 0.25) is 0 Å². The number of aromatic nitrogens is 2. The lowest BCUT2D eigenvalue weighted by Crippen LogP contribution is -2.65. The SMILES string of the molecule is CC1(C)CC[C@]2(c3nc(C(C)(C)C)no3)CC[C@]3(C)[C@H](C(=O)C=C4[C@@]5(C)C=C(C#N)C(=O)C(C)(C)[C@@H]5CC[C@]43C)[C@@H]2C1. The van der Waals surface area contributed by atoms with Gasteiger partial charge in [-0.2, -0.15) is 10.2 Å². The summed E-state index contributed by atoms with van der Waals surface area (Å²) >= 11 is 0. The van der Waals surface area contributed by atoms with Gasteiger partial charge in [-0.1, -0.05) is 86.0 Å². The Morgan fingerprint density at radius 3 is 2.26 bits per heavy atom. The lowest BCUT2D eigenvalue weighted by molar-refractivity contribution is -0.161. The summed E-state index contributed by atoms with van der Waals surface area (Å²) in [6, 6.07) is 2.21. The molecule has 1 heterocycles. The number of nitrogens with zero attached hydrogens (tertiary/aromatic N) is 3. The number of hydrogen-bond acceptors (Lipinski definition) is 6. The zero-order valence-electron chi connectivity index (χ0n) is 27.4. The van der Waals surface area contributed by atoms with E-state index >= 15 is 0 Å². The van der Waals surface area contributed by atoms with Crippen LogP contribution in [0.3, 0.4) is 0 Å². The van der Waals surface area contributed by atoms with Crippen molar-refractivity contribution in [2.45, 2.75) is 125 Å². The number of nitriles is 1. The van der Waals surface area contributed by atoms with E-state index in [1.807, 2.05) is 26.0 Å². The molecule has 0 unspecified atom stereocenters. The summed E-state index contributed by atoms with van der Waals surface area (Å²) in [6.45, 7) is 22.0. The molecule has 0 amide bonds. The van der Waals surface area contributed by atoms with Crippen LogP contribution in [0.1, 0.15) is 126 Å². The molecule has 0 bridgehead atoms. The van der Waals surface area contributed by atoms with Crippen LogP contribution in [0.5, 0.6) is 0 Å². The van der Waals surface area contributed by atoms with E-state index < -0.39 is 10.8 Å². The van der Waals surface area contributed by atoms with Gasteiger partial charge in [0.1, 0.15) is 6.07 Å². The molecule has 0 aromatic carbocycles. The normalized spacial score (nSPS) is 42.3. The van der Waals surface area contributed by atoms with Gasteiger partial charge in [0.2, 0.25) is 5.89 Å². The molecule has 0 radical (unpaired) electrons. The van der Waals surface area contributed by atoms with Gasteiger partial charge >= 0.3 is 0 Å². The number of carbonyl (C=O) groups is 2. The molecule has 3 saturated carbocycles. The highest BCUT2D eigenvalue weighted by molar-refractivity contribution is 6.04. The van der Waals surface area contributed by atoms with Gasteiger partial charge in [-0.3, -0.25) is 9.59 Å². The molecule has 226 valence electrons. The Labute approximate surface area is 251 Å². The summed E-state index contributed by atoms with van der Waals surface area (Å²) in [7, 11) is 0. The van der Waals surface area contributed by atoms with Crippen molar-refractivity contribution in [3.05, 3.63) is 35.0 Å². The standard InChI is InChI=1S/C36H49N3O3/c1-30(2,3)28-38-29(42-39-28)36-15-13-31(4,5)19-22(36)26-23(40)17-25-33(8)18-21(20-37)27(41)32(6,7)24(33)11-12-34(25,9)35(26,10)14-16-36/h17-18,22,24,26H,11-16,19H2,1-10H3/t22-,24-,26-,33-,34+,35+,36-/m0/s1. The number of Topliss-reactive ketones (excluding diaryl/α,β-unsaturated/α-hetero) is 1. The predicted octanol–water partition coefficient (Wildman–Crippen LogP) is 7.84. The first-order chi connectivity index (χ1) is 19.3. The van der Waals surface area contributed by atoms with Gasteiger partial charge < -0.3 is 4.52 Å². The average Bonchev–Trinajstić information content (AvgIpc) is 3.39. The van der Waals surface area contributed by atoms with E-state index in [1.54, 1.807) is 0 Å². The Bertz CT molecular complexity index is 1480. The van der Waals surface area contributed by atoms with Gasteiger partial charge in [-0.15, -0.1) is 0 Å². The van der Waals surface area contributed by atoms with E-state index in [-0.39, 0.29) is 62.0 Å². The van der Waals surface area contributed by atoms with E-state index in [1.165, 1.54) is 0 Å². The second-order valence-electron chi connectivity index (χ2n) is 17.6. The third-order valence-electron chi connectivity index (χ3n) is 13.4. The monoisotopic (exact) mass is 571 g/mol. The lowest BCUT2D eigenvalue weighted by atomic mass is 9.34. The average molecular weight is 572 g/mol. The largest absolute Gasteiger partial charge is 0.339 e. The molecule has 6 rings (SSSR count). The van der Waals surface area contributed by atoms with Gasteiger partial charge in [0.25, 0.3) is 0 Å². The van der Waals surface area contributed by atoms with Crippen LogP contribution >= 0.6 is 0 Å². The Morgan fingerprint density at radius 1 is 0.976 bits per heavy atom. The van der Waals surface area contributed by atoms with Gasteiger partial charge in [0, 0.05) is 22.2 Å². The summed E-state index contributed by atoms with van der Waals surface area (Å²) in [4.78, 5) is 33.1. The Balaban J connectivity index is 1.52. The van der Waals surface area contributed by atoms with E-state index in [0.717, 1.165) is 62.2 Å². The molecule has 3 fully saturated rings. The molecule has 1 aromatic rings. The molecule has 5 aliphatic rings. The van der Waals surface area contributed by atoms with E-state index in [4.69, 9.17) is 9.51 Å². The van der Waals surface area contributed by atoms with Gasteiger partial charge in [-0.05, 0) is 79.1 Å². The minimum Gasteiger partial charge on any atom is -0.339 e. The second-order valence-corrected chi connectivity index (χ2v) is 17.6. The highest BCUT2D eigenvalue weighted by atomic mass is 16.5. The van der Waals surface area contributed by atoms with Crippen LogP contribution in [0.4, 0.5) is 0 Å². The van der Waals surface area contributed by atoms with Gasteiger partial charge in [0.15, 0.2) is 17.4 Å². The first-order valence-electron chi connectivity index (χ1n) is 16.1. The van der Waals surface area contributed by atoms with Crippen LogP contribution in [0.15, 0.2) is 27.8 Å². The van der Waals surface area contributed by atoms with Crippen molar-refractivity contribution in [1.82, 2.24) is 10.1 Å². The third-order valence-corrected chi connectivity index (χ3v) is 13.4. The third kappa shape index (κ3) is 3.61. The Morgan fingerprint density at radius 2 is 1.64 bits per heavy atom. The maximum absolute atomic E-state index is 14.7. The van der Waals surface area contributed by atoms with Crippen molar-refractivity contribution in [3.8, 4) is 6.07 Å². The first-order valence-corrected chi connectivity index (χ1v) is 16.1. The minimum absolute atomic E-state index is 0.0485. The van der Waals surface area contributed by atoms with Crippen LogP contribution in [0, 0.1) is 56.2 Å². The number of fused-ring (bicyclic) bond motifs is 7. The van der Waals surface area contributed by atoms with Gasteiger partial charge in [-0.25, -0.2) is 0 Å². The summed E-state index contributed by atoms with van der Waals surface area (Å²) in [5.41, 5.74) is -0.691. The molecule has 0 saturated heterocycles. The van der Waals surface area contributed by atoms with Crippen LogP contribution in [-0.2, 0) is 20.4 Å². The molecular weight excluding hydrogens is 522 g/mol.